The molecular formula is C17H20N4O3. The fraction of sp³-hybridized carbons (Fsp3) is 0.647. The van der Waals surface area contributed by atoms with Crippen molar-refractivity contribution in [3.05, 3.63) is 29.3 Å². The summed E-state index contributed by atoms with van der Waals surface area (Å²) in [5.41, 5.74) is 1.29. The minimum atomic E-state index is -0.173. The lowest BCUT2D eigenvalue weighted by atomic mass is 9.80. The van der Waals surface area contributed by atoms with Gasteiger partial charge < -0.3 is 13.8 Å². The third-order valence-electron chi connectivity index (χ3n) is 5.90. The molecule has 0 aromatic carbocycles. The molecule has 2 aromatic heterocycles. The molecule has 3 fully saturated rings. The first kappa shape index (κ1) is 14.2. The average molecular weight is 328 g/mol. The molecule has 0 unspecified atom stereocenters. The molecule has 1 amide bonds. The zero-order chi connectivity index (χ0) is 16.3. The van der Waals surface area contributed by atoms with Crippen LogP contribution in [0.2, 0.25) is 0 Å². The molecule has 24 heavy (non-hydrogen) atoms. The predicted molar refractivity (Wildman–Crippen MR) is 82.4 cm³/mol. The number of carbonyl (C=O) groups excluding carboxylic acids is 1. The summed E-state index contributed by atoms with van der Waals surface area (Å²) in [6, 6.07) is 0. The van der Waals surface area contributed by atoms with Crippen molar-refractivity contribution < 1.29 is 13.7 Å². The molecule has 7 nitrogen and oxygen atoms in total. The Bertz CT molecular complexity index is 793. The van der Waals surface area contributed by atoms with Crippen molar-refractivity contribution in [2.75, 3.05) is 13.1 Å². The first-order chi connectivity index (χ1) is 11.7. The van der Waals surface area contributed by atoms with Crippen LogP contribution in [0, 0.1) is 12.8 Å². The molecule has 7 heteroatoms. The summed E-state index contributed by atoms with van der Waals surface area (Å²) in [5.74, 6) is 2.11. The van der Waals surface area contributed by atoms with E-state index in [9.17, 15) is 4.79 Å². The van der Waals surface area contributed by atoms with Crippen molar-refractivity contribution >= 4 is 5.91 Å². The highest BCUT2D eigenvalue weighted by Crippen LogP contribution is 2.50. The second kappa shape index (κ2) is 4.91. The van der Waals surface area contributed by atoms with Crippen molar-refractivity contribution in [2.24, 2.45) is 5.92 Å². The molecule has 0 spiro atoms. The third-order valence-corrected chi connectivity index (χ3v) is 5.90. The molecule has 1 aliphatic heterocycles. The van der Waals surface area contributed by atoms with Gasteiger partial charge in [0.2, 0.25) is 11.8 Å². The van der Waals surface area contributed by atoms with Crippen LogP contribution < -0.4 is 0 Å². The lowest BCUT2D eigenvalue weighted by Gasteiger charge is -2.24. The minimum absolute atomic E-state index is 0.0307. The van der Waals surface area contributed by atoms with Gasteiger partial charge in [0.25, 0.3) is 5.91 Å². The molecular weight excluding hydrogens is 308 g/mol. The Balaban J connectivity index is 1.45. The molecule has 2 atom stereocenters. The number of nitrogens with zero attached hydrogens (tertiary/aromatic N) is 4. The van der Waals surface area contributed by atoms with Crippen LogP contribution in [0.3, 0.4) is 0 Å². The maximum atomic E-state index is 13.0. The second-order valence-electron chi connectivity index (χ2n) is 7.44. The summed E-state index contributed by atoms with van der Waals surface area (Å²) < 4.78 is 10.9. The normalized spacial score (nSPS) is 29.2. The summed E-state index contributed by atoms with van der Waals surface area (Å²) in [6.45, 7) is 3.21. The van der Waals surface area contributed by atoms with Crippen LogP contribution in [-0.2, 0) is 5.41 Å². The molecule has 0 radical (unpaired) electrons. The van der Waals surface area contributed by atoms with Gasteiger partial charge in [0.1, 0.15) is 11.8 Å². The first-order valence-electron chi connectivity index (χ1n) is 8.71. The second-order valence-corrected chi connectivity index (χ2v) is 7.44. The summed E-state index contributed by atoms with van der Waals surface area (Å²) in [4.78, 5) is 15.0. The van der Waals surface area contributed by atoms with Gasteiger partial charge in [0.05, 0.1) is 11.1 Å². The number of hydrogen-bond acceptors (Lipinski definition) is 6. The van der Waals surface area contributed by atoms with Crippen LogP contribution in [0.5, 0.6) is 0 Å². The summed E-state index contributed by atoms with van der Waals surface area (Å²) >= 11 is 0. The number of carbonyl (C=O) groups is 1. The Morgan fingerprint density at radius 2 is 2.21 bits per heavy atom. The molecule has 2 aromatic rings. The Kier molecular flexibility index (Phi) is 2.90. The smallest absolute Gasteiger partial charge is 0.259 e. The fourth-order valence-electron chi connectivity index (χ4n) is 4.52. The van der Waals surface area contributed by atoms with E-state index in [-0.39, 0.29) is 11.3 Å². The molecule has 3 heterocycles. The number of aryl methyl sites for hydroxylation is 1. The maximum Gasteiger partial charge on any atom is 0.259 e. The predicted octanol–water partition coefficient (Wildman–Crippen LogP) is 2.44. The van der Waals surface area contributed by atoms with Crippen molar-refractivity contribution in [2.45, 2.75) is 50.4 Å². The summed E-state index contributed by atoms with van der Waals surface area (Å²) in [6.07, 6.45) is 6.95. The Morgan fingerprint density at radius 1 is 1.33 bits per heavy atom. The van der Waals surface area contributed by atoms with Crippen LogP contribution in [0.15, 0.2) is 15.2 Å². The fourth-order valence-corrected chi connectivity index (χ4v) is 4.52. The molecule has 0 N–H and O–H groups in total. The Labute approximate surface area is 139 Å². The highest BCUT2D eigenvalue weighted by atomic mass is 16.5. The van der Waals surface area contributed by atoms with Gasteiger partial charge in [-0.15, -0.1) is 10.2 Å². The van der Waals surface area contributed by atoms with E-state index in [1.165, 1.54) is 6.26 Å². The number of fused-ring (bicyclic) bond motifs is 1. The third kappa shape index (κ3) is 1.96. The molecule has 2 saturated carbocycles. The van der Waals surface area contributed by atoms with E-state index in [1.807, 2.05) is 11.8 Å². The van der Waals surface area contributed by atoms with E-state index in [2.05, 4.69) is 15.4 Å². The van der Waals surface area contributed by atoms with Gasteiger partial charge in [-0.25, -0.2) is 0 Å². The van der Waals surface area contributed by atoms with Crippen LogP contribution in [0.4, 0.5) is 0 Å². The van der Waals surface area contributed by atoms with E-state index >= 15 is 0 Å². The first-order valence-corrected chi connectivity index (χ1v) is 8.71. The monoisotopic (exact) mass is 328 g/mol. The zero-order valence-electron chi connectivity index (χ0n) is 13.7. The maximum absolute atomic E-state index is 13.0. The van der Waals surface area contributed by atoms with E-state index in [0.29, 0.717) is 35.7 Å². The van der Waals surface area contributed by atoms with Gasteiger partial charge >= 0.3 is 0 Å². The molecule has 3 aliphatic rings. The molecule has 1 saturated heterocycles. The molecule has 5 rings (SSSR count). The van der Waals surface area contributed by atoms with E-state index in [1.54, 1.807) is 0 Å². The SMILES string of the molecule is Cc1nnc([C@]23CCC[C@H]2CN(C(=O)c2conc2C2CC2)C3)o1. The van der Waals surface area contributed by atoms with Crippen LogP contribution in [0.25, 0.3) is 0 Å². The Morgan fingerprint density at radius 3 is 2.96 bits per heavy atom. The van der Waals surface area contributed by atoms with Gasteiger partial charge in [-0.3, -0.25) is 4.79 Å². The highest BCUT2D eigenvalue weighted by molar-refractivity contribution is 5.95. The van der Waals surface area contributed by atoms with Crippen molar-refractivity contribution in [3.8, 4) is 0 Å². The van der Waals surface area contributed by atoms with Crippen molar-refractivity contribution in [1.82, 2.24) is 20.3 Å². The van der Waals surface area contributed by atoms with Gasteiger partial charge in [-0.1, -0.05) is 11.6 Å². The van der Waals surface area contributed by atoms with E-state index in [0.717, 1.165) is 44.3 Å². The average Bonchev–Trinajstić information content (AvgIpc) is 2.98. The number of amides is 1. The minimum Gasteiger partial charge on any atom is -0.425 e. The topological polar surface area (TPSA) is 85.3 Å². The summed E-state index contributed by atoms with van der Waals surface area (Å²) in [5, 5.41) is 12.4. The van der Waals surface area contributed by atoms with E-state index < -0.39 is 0 Å². The molecule has 0 bridgehead atoms. The lowest BCUT2D eigenvalue weighted by molar-refractivity contribution is 0.0774. The van der Waals surface area contributed by atoms with Gasteiger partial charge in [0.15, 0.2) is 0 Å². The van der Waals surface area contributed by atoms with Crippen LogP contribution in [0.1, 0.15) is 65.9 Å². The van der Waals surface area contributed by atoms with Gasteiger partial charge in [0, 0.05) is 25.9 Å². The lowest BCUT2D eigenvalue weighted by Crippen LogP contribution is -2.35. The number of aromatic nitrogens is 3. The van der Waals surface area contributed by atoms with Crippen molar-refractivity contribution in [1.29, 1.82) is 0 Å². The number of hydrogen-bond donors (Lipinski definition) is 0. The summed E-state index contributed by atoms with van der Waals surface area (Å²) in [7, 11) is 0. The van der Waals surface area contributed by atoms with Gasteiger partial charge in [-0.2, -0.15) is 0 Å². The standard InChI is InChI=1S/C17H20N4O3/c1-10-18-19-16(24-10)17-6-2-3-12(17)7-21(9-17)15(22)13-8-23-20-14(13)11-4-5-11/h8,11-12H,2-7,9H2,1H3/t12-,17-/m0/s1. The quantitative estimate of drug-likeness (QED) is 0.860. The molecule has 126 valence electrons. The number of rotatable bonds is 3. The van der Waals surface area contributed by atoms with Crippen molar-refractivity contribution in [3.63, 3.8) is 0 Å². The Hall–Kier alpha value is -2.18. The van der Waals surface area contributed by atoms with Gasteiger partial charge in [-0.05, 0) is 31.6 Å². The highest BCUT2D eigenvalue weighted by Gasteiger charge is 2.55. The largest absolute Gasteiger partial charge is 0.425 e. The van der Waals surface area contributed by atoms with Crippen LogP contribution in [-0.4, -0.2) is 39.3 Å². The molecule has 2 aliphatic carbocycles. The van der Waals surface area contributed by atoms with E-state index in [4.69, 9.17) is 8.94 Å². The zero-order valence-corrected chi connectivity index (χ0v) is 13.7. The van der Waals surface area contributed by atoms with Crippen LogP contribution >= 0.6 is 0 Å². The number of likely N-dealkylation sites (tertiary alicyclic amines) is 1.